The van der Waals surface area contributed by atoms with Crippen molar-refractivity contribution in [2.45, 2.75) is 5.75 Å². The van der Waals surface area contributed by atoms with E-state index in [1.807, 2.05) is 0 Å². The smallest absolute Gasteiger partial charge is 0.151 e. The topological polar surface area (TPSA) is 60.2 Å². The number of hydrogen-bond donors (Lipinski definition) is 1. The minimum absolute atomic E-state index is 0.00694. The normalized spacial score (nSPS) is 11.5. The standard InChI is InChI=1S/C8H10ClNO2S/c1-13(11,12)5-6-2-3-8(10)7(9)4-6/h2-4H,5,10H2,1H3. The van der Waals surface area contributed by atoms with Crippen molar-refractivity contribution in [1.29, 1.82) is 0 Å². The van der Waals surface area contributed by atoms with Gasteiger partial charge < -0.3 is 5.73 Å². The van der Waals surface area contributed by atoms with Crippen LogP contribution in [0.25, 0.3) is 0 Å². The number of nitrogen functional groups attached to an aromatic ring is 1. The molecule has 0 aliphatic rings. The maximum absolute atomic E-state index is 10.9. The van der Waals surface area contributed by atoms with Gasteiger partial charge in [-0.1, -0.05) is 17.7 Å². The van der Waals surface area contributed by atoms with E-state index in [0.717, 1.165) is 0 Å². The largest absolute Gasteiger partial charge is 0.398 e. The van der Waals surface area contributed by atoms with Crippen molar-refractivity contribution >= 4 is 27.1 Å². The van der Waals surface area contributed by atoms with E-state index in [4.69, 9.17) is 17.3 Å². The summed E-state index contributed by atoms with van der Waals surface area (Å²) in [5, 5.41) is 0.390. The van der Waals surface area contributed by atoms with Crippen molar-refractivity contribution in [3.05, 3.63) is 28.8 Å². The van der Waals surface area contributed by atoms with Gasteiger partial charge in [-0.3, -0.25) is 0 Å². The Morgan fingerprint density at radius 2 is 2.08 bits per heavy atom. The van der Waals surface area contributed by atoms with Gasteiger partial charge in [-0.25, -0.2) is 8.42 Å². The second kappa shape index (κ2) is 3.55. The van der Waals surface area contributed by atoms with Crippen LogP contribution in [0, 0.1) is 0 Å². The molecule has 2 N–H and O–H groups in total. The summed E-state index contributed by atoms with van der Waals surface area (Å²) in [4.78, 5) is 0. The predicted molar refractivity (Wildman–Crippen MR) is 54.4 cm³/mol. The fourth-order valence-corrected chi connectivity index (χ4v) is 1.95. The number of rotatable bonds is 2. The molecule has 13 heavy (non-hydrogen) atoms. The Morgan fingerprint density at radius 3 is 2.54 bits per heavy atom. The van der Waals surface area contributed by atoms with Gasteiger partial charge in [0, 0.05) is 6.26 Å². The highest BCUT2D eigenvalue weighted by Gasteiger charge is 2.05. The second-order valence-corrected chi connectivity index (χ2v) is 5.47. The first-order valence-corrected chi connectivity index (χ1v) is 6.04. The van der Waals surface area contributed by atoms with Gasteiger partial charge in [-0.2, -0.15) is 0 Å². The highest BCUT2D eigenvalue weighted by molar-refractivity contribution is 7.89. The maximum atomic E-state index is 10.9. The molecule has 0 aromatic heterocycles. The van der Waals surface area contributed by atoms with Crippen molar-refractivity contribution in [3.8, 4) is 0 Å². The average molecular weight is 220 g/mol. The fraction of sp³-hybridized carbons (Fsp3) is 0.250. The molecular formula is C8H10ClNO2S. The SMILES string of the molecule is CS(=O)(=O)Cc1ccc(N)c(Cl)c1. The fourth-order valence-electron chi connectivity index (χ4n) is 0.963. The maximum Gasteiger partial charge on any atom is 0.151 e. The summed E-state index contributed by atoms with van der Waals surface area (Å²) in [6.45, 7) is 0. The van der Waals surface area contributed by atoms with Gasteiger partial charge in [0.2, 0.25) is 0 Å². The van der Waals surface area contributed by atoms with E-state index < -0.39 is 9.84 Å². The summed E-state index contributed by atoms with van der Waals surface area (Å²) >= 11 is 5.72. The van der Waals surface area contributed by atoms with Crippen LogP contribution < -0.4 is 5.73 Å². The number of nitrogens with two attached hydrogens (primary N) is 1. The molecular weight excluding hydrogens is 210 g/mol. The molecule has 1 aromatic carbocycles. The van der Waals surface area contributed by atoms with Gasteiger partial charge in [-0.15, -0.1) is 0 Å². The van der Waals surface area contributed by atoms with Crippen LogP contribution in [0.2, 0.25) is 5.02 Å². The van der Waals surface area contributed by atoms with Crippen LogP contribution in [0.4, 0.5) is 5.69 Å². The summed E-state index contributed by atoms with van der Waals surface area (Å²) in [5.74, 6) is -0.00694. The van der Waals surface area contributed by atoms with Crippen molar-refractivity contribution in [3.63, 3.8) is 0 Å². The van der Waals surface area contributed by atoms with Crippen molar-refractivity contribution in [2.24, 2.45) is 0 Å². The second-order valence-electron chi connectivity index (χ2n) is 2.93. The molecule has 0 bridgehead atoms. The van der Waals surface area contributed by atoms with E-state index in [1.165, 1.54) is 6.26 Å². The molecule has 0 saturated carbocycles. The van der Waals surface area contributed by atoms with Gasteiger partial charge in [0.05, 0.1) is 16.5 Å². The van der Waals surface area contributed by atoms with Gasteiger partial charge >= 0.3 is 0 Å². The molecule has 0 unspecified atom stereocenters. The van der Waals surface area contributed by atoms with Crippen LogP contribution in [0.3, 0.4) is 0 Å². The van der Waals surface area contributed by atoms with E-state index >= 15 is 0 Å². The lowest BCUT2D eigenvalue weighted by Crippen LogP contribution is -2.00. The average Bonchev–Trinajstić information content (AvgIpc) is 1.94. The Hall–Kier alpha value is -0.740. The van der Waals surface area contributed by atoms with Crippen molar-refractivity contribution < 1.29 is 8.42 Å². The molecule has 5 heteroatoms. The molecule has 0 atom stereocenters. The van der Waals surface area contributed by atoms with Crippen LogP contribution in [-0.2, 0) is 15.6 Å². The van der Waals surface area contributed by atoms with E-state index in [1.54, 1.807) is 18.2 Å². The molecule has 0 radical (unpaired) electrons. The number of benzene rings is 1. The zero-order valence-corrected chi connectivity index (χ0v) is 8.69. The number of hydrogen-bond acceptors (Lipinski definition) is 3. The minimum Gasteiger partial charge on any atom is -0.398 e. The van der Waals surface area contributed by atoms with Gasteiger partial charge in [0.1, 0.15) is 0 Å². The highest BCUT2D eigenvalue weighted by atomic mass is 35.5. The molecule has 3 nitrogen and oxygen atoms in total. The number of halogens is 1. The molecule has 0 spiro atoms. The molecule has 0 saturated heterocycles. The van der Waals surface area contributed by atoms with E-state index in [2.05, 4.69) is 0 Å². The lowest BCUT2D eigenvalue weighted by Gasteiger charge is -2.01. The monoisotopic (exact) mass is 219 g/mol. The molecule has 72 valence electrons. The lowest BCUT2D eigenvalue weighted by atomic mass is 10.2. The number of sulfone groups is 1. The Labute approximate surface area is 82.4 Å². The van der Waals surface area contributed by atoms with E-state index in [0.29, 0.717) is 16.3 Å². The lowest BCUT2D eigenvalue weighted by molar-refractivity contribution is 0.601. The minimum atomic E-state index is -3.01. The van der Waals surface area contributed by atoms with Crippen LogP contribution >= 0.6 is 11.6 Å². The zero-order valence-electron chi connectivity index (χ0n) is 7.12. The Balaban J connectivity index is 2.99. The third-order valence-corrected chi connectivity index (χ3v) is 2.68. The third kappa shape index (κ3) is 3.24. The third-order valence-electron chi connectivity index (χ3n) is 1.49. The van der Waals surface area contributed by atoms with E-state index in [9.17, 15) is 8.42 Å². The van der Waals surface area contributed by atoms with Crippen molar-refractivity contribution in [2.75, 3.05) is 12.0 Å². The number of anilines is 1. The first-order chi connectivity index (χ1) is 5.88. The van der Waals surface area contributed by atoms with E-state index in [-0.39, 0.29) is 5.75 Å². The summed E-state index contributed by atoms with van der Waals surface area (Å²) in [5.41, 5.74) is 6.58. The van der Waals surface area contributed by atoms with Crippen LogP contribution in [0.1, 0.15) is 5.56 Å². The van der Waals surface area contributed by atoms with Crippen LogP contribution in [0.15, 0.2) is 18.2 Å². The molecule has 0 aliphatic heterocycles. The van der Waals surface area contributed by atoms with Crippen LogP contribution in [-0.4, -0.2) is 14.7 Å². The van der Waals surface area contributed by atoms with Gasteiger partial charge in [0.25, 0.3) is 0 Å². The molecule has 0 heterocycles. The highest BCUT2D eigenvalue weighted by Crippen LogP contribution is 2.20. The van der Waals surface area contributed by atoms with Crippen LogP contribution in [0.5, 0.6) is 0 Å². The first-order valence-electron chi connectivity index (χ1n) is 3.60. The summed E-state index contributed by atoms with van der Waals surface area (Å²) in [6.07, 6.45) is 1.18. The summed E-state index contributed by atoms with van der Waals surface area (Å²) in [7, 11) is -3.01. The Morgan fingerprint density at radius 1 is 1.46 bits per heavy atom. The van der Waals surface area contributed by atoms with Crippen molar-refractivity contribution in [1.82, 2.24) is 0 Å². The summed E-state index contributed by atoms with van der Waals surface area (Å²) < 4.78 is 21.8. The Kier molecular flexibility index (Phi) is 2.83. The zero-order chi connectivity index (χ0) is 10.1. The molecule has 0 aliphatic carbocycles. The Bertz CT molecular complexity index is 414. The molecule has 0 fully saturated rings. The first kappa shape index (κ1) is 10.3. The molecule has 1 aromatic rings. The summed E-state index contributed by atoms with van der Waals surface area (Å²) in [6, 6.07) is 4.82. The molecule has 0 amide bonds. The van der Waals surface area contributed by atoms with Gasteiger partial charge in [0.15, 0.2) is 9.84 Å². The quantitative estimate of drug-likeness (QED) is 0.767. The predicted octanol–water partition coefficient (Wildman–Crippen LogP) is 1.47. The molecule has 1 rings (SSSR count). The van der Waals surface area contributed by atoms with Gasteiger partial charge in [-0.05, 0) is 17.7 Å².